The summed E-state index contributed by atoms with van der Waals surface area (Å²) in [6.07, 6.45) is 0.504. The predicted molar refractivity (Wildman–Crippen MR) is 77.4 cm³/mol. The highest BCUT2D eigenvalue weighted by molar-refractivity contribution is 6.31. The van der Waals surface area contributed by atoms with Crippen molar-refractivity contribution in [2.45, 2.75) is 11.8 Å². The Bertz CT molecular complexity index is 521. The van der Waals surface area contributed by atoms with Crippen LogP contribution in [0, 0.1) is 0 Å². The van der Waals surface area contributed by atoms with Crippen molar-refractivity contribution in [1.82, 2.24) is 0 Å². The fourth-order valence-corrected chi connectivity index (χ4v) is 2.45. The van der Waals surface area contributed by atoms with Crippen LogP contribution in [0.2, 0.25) is 5.02 Å². The molecule has 2 rings (SSSR count). The van der Waals surface area contributed by atoms with Crippen molar-refractivity contribution in [3.63, 3.8) is 0 Å². The first kappa shape index (κ1) is 14.1. The molecular weight excluding hydrogens is 260 g/mol. The van der Waals surface area contributed by atoms with Crippen LogP contribution in [-0.2, 0) is 11.8 Å². The quantitative estimate of drug-likeness (QED) is 0.882. The summed E-state index contributed by atoms with van der Waals surface area (Å²) in [5.41, 5.74) is 1.14. The fraction of sp³-hybridized carbons (Fsp3) is 0.250. The van der Waals surface area contributed by atoms with Gasteiger partial charge in [-0.2, -0.15) is 0 Å². The molecular formula is C16H17ClO2. The van der Waals surface area contributed by atoms with E-state index >= 15 is 0 Å². The Morgan fingerprint density at radius 3 is 2.00 bits per heavy atom. The fourth-order valence-electron chi connectivity index (χ4n) is 2.24. The topological polar surface area (TPSA) is 40.5 Å². The Morgan fingerprint density at radius 2 is 1.42 bits per heavy atom. The average Bonchev–Trinajstić information content (AvgIpc) is 2.48. The van der Waals surface area contributed by atoms with E-state index in [0.717, 1.165) is 11.1 Å². The molecule has 0 radical (unpaired) electrons. The van der Waals surface area contributed by atoms with Crippen molar-refractivity contribution >= 4 is 11.6 Å². The van der Waals surface area contributed by atoms with E-state index in [1.165, 1.54) is 0 Å². The number of hydrogen-bond acceptors (Lipinski definition) is 2. The molecule has 0 aliphatic heterocycles. The molecule has 0 saturated carbocycles. The standard InChI is InChI=1S/C16H17ClO2/c17-15-9-5-4-6-13(15)10-16(11-18,12-19)14-7-2-1-3-8-14/h1-9,18-19H,10-12H2. The largest absolute Gasteiger partial charge is 0.395 e. The van der Waals surface area contributed by atoms with Gasteiger partial charge in [0.1, 0.15) is 0 Å². The summed E-state index contributed by atoms with van der Waals surface area (Å²) >= 11 is 6.17. The Labute approximate surface area is 118 Å². The van der Waals surface area contributed by atoms with Crippen molar-refractivity contribution in [1.29, 1.82) is 0 Å². The van der Waals surface area contributed by atoms with Gasteiger partial charge in [-0.05, 0) is 23.6 Å². The zero-order valence-corrected chi connectivity index (χ0v) is 11.3. The van der Waals surface area contributed by atoms with Crippen LogP contribution in [0.4, 0.5) is 0 Å². The van der Waals surface area contributed by atoms with E-state index in [-0.39, 0.29) is 13.2 Å². The third-order valence-corrected chi connectivity index (χ3v) is 3.85. The lowest BCUT2D eigenvalue weighted by Crippen LogP contribution is -2.37. The minimum Gasteiger partial charge on any atom is -0.395 e. The van der Waals surface area contributed by atoms with Gasteiger partial charge in [0, 0.05) is 10.4 Å². The monoisotopic (exact) mass is 276 g/mol. The summed E-state index contributed by atoms with van der Waals surface area (Å²) in [4.78, 5) is 0. The van der Waals surface area contributed by atoms with Gasteiger partial charge in [0.15, 0.2) is 0 Å². The van der Waals surface area contributed by atoms with Crippen LogP contribution in [-0.4, -0.2) is 23.4 Å². The van der Waals surface area contributed by atoms with E-state index in [4.69, 9.17) is 11.6 Å². The number of aliphatic hydroxyl groups excluding tert-OH is 2. The van der Waals surface area contributed by atoms with Gasteiger partial charge in [-0.25, -0.2) is 0 Å². The number of aliphatic hydroxyl groups is 2. The molecule has 19 heavy (non-hydrogen) atoms. The lowest BCUT2D eigenvalue weighted by atomic mass is 9.77. The minimum absolute atomic E-state index is 0.126. The Morgan fingerprint density at radius 1 is 0.842 bits per heavy atom. The first-order valence-corrected chi connectivity index (χ1v) is 6.60. The molecule has 3 heteroatoms. The van der Waals surface area contributed by atoms with Gasteiger partial charge in [-0.15, -0.1) is 0 Å². The van der Waals surface area contributed by atoms with Crippen molar-refractivity contribution < 1.29 is 10.2 Å². The Kier molecular flexibility index (Phi) is 4.59. The maximum absolute atomic E-state index is 9.78. The molecule has 2 N–H and O–H groups in total. The molecule has 0 fully saturated rings. The molecule has 0 amide bonds. The number of halogens is 1. The third kappa shape index (κ3) is 2.98. The molecule has 0 atom stereocenters. The van der Waals surface area contributed by atoms with E-state index < -0.39 is 5.41 Å². The van der Waals surface area contributed by atoms with E-state index in [1.54, 1.807) is 0 Å². The van der Waals surface area contributed by atoms with Crippen LogP contribution >= 0.6 is 11.6 Å². The molecule has 2 nitrogen and oxygen atoms in total. The normalized spacial score (nSPS) is 11.5. The summed E-state index contributed by atoms with van der Waals surface area (Å²) < 4.78 is 0. The molecule has 2 aromatic carbocycles. The zero-order chi connectivity index (χ0) is 13.7. The molecule has 0 spiro atoms. The van der Waals surface area contributed by atoms with Crippen molar-refractivity contribution in [2.75, 3.05) is 13.2 Å². The number of rotatable bonds is 5. The van der Waals surface area contributed by atoms with Crippen LogP contribution in [0.1, 0.15) is 11.1 Å². The average molecular weight is 277 g/mol. The summed E-state index contributed by atoms with van der Waals surface area (Å²) in [5.74, 6) is 0. The first-order valence-electron chi connectivity index (χ1n) is 6.22. The highest BCUT2D eigenvalue weighted by atomic mass is 35.5. The van der Waals surface area contributed by atoms with Gasteiger partial charge in [0.25, 0.3) is 0 Å². The second kappa shape index (κ2) is 6.20. The Hall–Kier alpha value is -1.35. The predicted octanol–water partition coefficient (Wildman–Crippen LogP) is 2.81. The van der Waals surface area contributed by atoms with Gasteiger partial charge in [-0.1, -0.05) is 60.1 Å². The second-order valence-electron chi connectivity index (χ2n) is 4.73. The van der Waals surface area contributed by atoms with Gasteiger partial charge in [0.2, 0.25) is 0 Å². The van der Waals surface area contributed by atoms with Crippen LogP contribution in [0.25, 0.3) is 0 Å². The van der Waals surface area contributed by atoms with E-state index in [9.17, 15) is 10.2 Å². The lowest BCUT2D eigenvalue weighted by Gasteiger charge is -2.31. The van der Waals surface area contributed by atoms with Crippen molar-refractivity contribution in [2.24, 2.45) is 0 Å². The SMILES string of the molecule is OCC(CO)(Cc1ccccc1Cl)c1ccccc1. The van der Waals surface area contributed by atoms with Gasteiger partial charge in [-0.3, -0.25) is 0 Å². The molecule has 0 bridgehead atoms. The van der Waals surface area contributed by atoms with Crippen molar-refractivity contribution in [3.05, 3.63) is 70.7 Å². The molecule has 0 saturated heterocycles. The number of hydrogen-bond donors (Lipinski definition) is 2. The van der Waals surface area contributed by atoms with Gasteiger partial charge < -0.3 is 10.2 Å². The third-order valence-electron chi connectivity index (χ3n) is 3.48. The summed E-state index contributed by atoms with van der Waals surface area (Å²) in [7, 11) is 0. The number of benzene rings is 2. The highest BCUT2D eigenvalue weighted by Gasteiger charge is 2.31. The molecule has 0 aliphatic carbocycles. The van der Waals surface area contributed by atoms with Crippen LogP contribution in [0.15, 0.2) is 54.6 Å². The zero-order valence-electron chi connectivity index (χ0n) is 10.6. The first-order chi connectivity index (χ1) is 9.22. The molecule has 2 aromatic rings. The highest BCUT2D eigenvalue weighted by Crippen LogP contribution is 2.30. The van der Waals surface area contributed by atoms with Crippen LogP contribution < -0.4 is 0 Å². The van der Waals surface area contributed by atoms with Crippen LogP contribution in [0.3, 0.4) is 0 Å². The van der Waals surface area contributed by atoms with Crippen molar-refractivity contribution in [3.8, 4) is 0 Å². The lowest BCUT2D eigenvalue weighted by molar-refractivity contribution is 0.116. The molecule has 100 valence electrons. The van der Waals surface area contributed by atoms with E-state index in [0.29, 0.717) is 11.4 Å². The van der Waals surface area contributed by atoms with Gasteiger partial charge >= 0.3 is 0 Å². The van der Waals surface area contributed by atoms with Gasteiger partial charge in [0.05, 0.1) is 13.2 Å². The summed E-state index contributed by atoms with van der Waals surface area (Å²) in [6.45, 7) is -0.253. The van der Waals surface area contributed by atoms with Crippen LogP contribution in [0.5, 0.6) is 0 Å². The molecule has 0 unspecified atom stereocenters. The second-order valence-corrected chi connectivity index (χ2v) is 5.14. The maximum Gasteiger partial charge on any atom is 0.0553 e. The Balaban J connectivity index is 2.38. The summed E-state index contributed by atoms with van der Waals surface area (Å²) in [5, 5.41) is 20.2. The van der Waals surface area contributed by atoms with E-state index in [1.807, 2.05) is 54.6 Å². The molecule has 0 aliphatic rings. The van der Waals surface area contributed by atoms with E-state index in [2.05, 4.69) is 0 Å². The molecule has 0 aromatic heterocycles. The maximum atomic E-state index is 9.78. The minimum atomic E-state index is -0.702. The summed E-state index contributed by atoms with van der Waals surface area (Å²) in [6, 6.07) is 17.1. The smallest absolute Gasteiger partial charge is 0.0553 e. The molecule has 0 heterocycles.